The van der Waals surface area contributed by atoms with Crippen LogP contribution in [0, 0.1) is 12.3 Å². The largest absolute Gasteiger partial charge is 0.0985 e. The van der Waals surface area contributed by atoms with Gasteiger partial charge in [0.2, 0.25) is 0 Å². The minimum absolute atomic E-state index is 0.500. The standard InChI is InChI=1S/C9H10.C5H12.2C2H6/c1-3-9-7-5-4-6-8(9)2;1-5(2,3)4;2*1-2/h3-7H,1H2,2H3;1-4H3;2*1-2H3. The fourth-order valence-corrected chi connectivity index (χ4v) is 0.816. The molecule has 18 heavy (non-hydrogen) atoms. The molecule has 0 aliphatic rings. The summed E-state index contributed by atoms with van der Waals surface area (Å²) in [6.07, 6.45) is 1.87. The summed E-state index contributed by atoms with van der Waals surface area (Å²) in [6, 6.07) is 8.19. The quantitative estimate of drug-likeness (QED) is 0.517. The van der Waals surface area contributed by atoms with E-state index in [0.717, 1.165) is 0 Å². The number of hydrogen-bond acceptors (Lipinski definition) is 0. The first-order chi connectivity index (χ1) is 8.34. The molecule has 0 aliphatic carbocycles. The molecule has 0 amide bonds. The first kappa shape index (κ1) is 22.2. The van der Waals surface area contributed by atoms with Gasteiger partial charge in [-0.1, -0.05) is 92.3 Å². The van der Waals surface area contributed by atoms with Crippen molar-refractivity contribution in [2.24, 2.45) is 5.41 Å². The van der Waals surface area contributed by atoms with E-state index in [2.05, 4.69) is 53.3 Å². The van der Waals surface area contributed by atoms with Gasteiger partial charge in [-0.25, -0.2) is 0 Å². The van der Waals surface area contributed by atoms with Crippen molar-refractivity contribution in [1.29, 1.82) is 0 Å². The lowest BCUT2D eigenvalue weighted by Crippen LogP contribution is -1.93. The van der Waals surface area contributed by atoms with E-state index in [1.54, 1.807) is 0 Å². The van der Waals surface area contributed by atoms with Crippen LogP contribution in [-0.2, 0) is 0 Å². The van der Waals surface area contributed by atoms with E-state index < -0.39 is 0 Å². The van der Waals surface area contributed by atoms with E-state index in [4.69, 9.17) is 0 Å². The molecule has 1 aromatic carbocycles. The van der Waals surface area contributed by atoms with E-state index in [1.807, 2.05) is 45.9 Å². The monoisotopic (exact) mass is 250 g/mol. The molecule has 0 spiro atoms. The van der Waals surface area contributed by atoms with E-state index in [-0.39, 0.29) is 0 Å². The predicted molar refractivity (Wildman–Crippen MR) is 89.1 cm³/mol. The fraction of sp³-hybridized carbons (Fsp3) is 0.556. The Balaban J connectivity index is -0.000000215. The molecule has 0 fully saturated rings. The van der Waals surface area contributed by atoms with Gasteiger partial charge in [0.1, 0.15) is 0 Å². The summed E-state index contributed by atoms with van der Waals surface area (Å²) in [5.74, 6) is 0. The highest BCUT2D eigenvalue weighted by Gasteiger charge is 1.95. The highest BCUT2D eigenvalue weighted by atomic mass is 14.0. The van der Waals surface area contributed by atoms with E-state index in [0.29, 0.717) is 5.41 Å². The maximum atomic E-state index is 3.69. The molecular weight excluding hydrogens is 216 g/mol. The van der Waals surface area contributed by atoms with Crippen molar-refractivity contribution < 1.29 is 0 Å². The highest BCUT2D eigenvalue weighted by molar-refractivity contribution is 5.50. The molecule has 0 saturated heterocycles. The maximum absolute atomic E-state index is 3.69. The normalized spacial score (nSPS) is 8.50. The van der Waals surface area contributed by atoms with E-state index >= 15 is 0 Å². The van der Waals surface area contributed by atoms with Crippen LogP contribution in [-0.4, -0.2) is 0 Å². The fourth-order valence-electron chi connectivity index (χ4n) is 0.816. The smallest absolute Gasteiger partial charge is 0.0233 e. The van der Waals surface area contributed by atoms with Gasteiger partial charge in [-0.3, -0.25) is 0 Å². The van der Waals surface area contributed by atoms with Crippen LogP contribution in [0.2, 0.25) is 0 Å². The van der Waals surface area contributed by atoms with Crippen LogP contribution in [0.5, 0.6) is 0 Å². The second-order valence-corrected chi connectivity index (χ2v) is 5.06. The molecule has 0 nitrogen and oxygen atoms in total. The molecular formula is C18H34. The Bertz CT molecular complexity index is 270. The van der Waals surface area contributed by atoms with Crippen molar-refractivity contribution in [2.75, 3.05) is 0 Å². The van der Waals surface area contributed by atoms with E-state index in [9.17, 15) is 0 Å². The highest BCUT2D eigenvalue weighted by Crippen LogP contribution is 2.08. The van der Waals surface area contributed by atoms with Crippen LogP contribution < -0.4 is 0 Å². The molecule has 0 heteroatoms. The molecule has 0 N–H and O–H groups in total. The first-order valence-corrected chi connectivity index (χ1v) is 7.02. The summed E-state index contributed by atoms with van der Waals surface area (Å²) >= 11 is 0. The lowest BCUT2D eigenvalue weighted by Gasteiger charge is -2.05. The van der Waals surface area contributed by atoms with Crippen LogP contribution in [0.3, 0.4) is 0 Å². The Labute approximate surface area is 116 Å². The van der Waals surface area contributed by atoms with Crippen molar-refractivity contribution in [3.05, 3.63) is 42.0 Å². The average molecular weight is 250 g/mol. The third-order valence-corrected chi connectivity index (χ3v) is 1.41. The number of benzene rings is 1. The molecule has 0 aromatic heterocycles. The van der Waals surface area contributed by atoms with Crippen LogP contribution in [0.4, 0.5) is 0 Å². The Kier molecular flexibility index (Phi) is 17.3. The lowest BCUT2D eigenvalue weighted by molar-refractivity contribution is 0.469. The third-order valence-electron chi connectivity index (χ3n) is 1.41. The SMILES string of the molecule is C=Cc1ccccc1C.CC.CC.CC(C)(C)C. The molecule has 0 heterocycles. The van der Waals surface area contributed by atoms with Crippen LogP contribution in [0.25, 0.3) is 6.08 Å². The van der Waals surface area contributed by atoms with Gasteiger partial charge >= 0.3 is 0 Å². The van der Waals surface area contributed by atoms with Gasteiger partial charge < -0.3 is 0 Å². The van der Waals surface area contributed by atoms with Crippen molar-refractivity contribution >= 4 is 6.08 Å². The summed E-state index contributed by atoms with van der Waals surface area (Å²) in [6.45, 7) is 22.5. The third kappa shape index (κ3) is 20.4. The maximum Gasteiger partial charge on any atom is -0.0233 e. The Hall–Kier alpha value is -1.04. The van der Waals surface area contributed by atoms with Gasteiger partial charge in [-0.2, -0.15) is 0 Å². The second-order valence-electron chi connectivity index (χ2n) is 5.06. The van der Waals surface area contributed by atoms with Crippen molar-refractivity contribution in [1.82, 2.24) is 0 Å². The van der Waals surface area contributed by atoms with Gasteiger partial charge in [0, 0.05) is 0 Å². The summed E-state index contributed by atoms with van der Waals surface area (Å²) in [5.41, 5.74) is 3.00. The lowest BCUT2D eigenvalue weighted by atomic mass is 10.0. The first-order valence-electron chi connectivity index (χ1n) is 7.02. The zero-order valence-corrected chi connectivity index (χ0v) is 14.1. The van der Waals surface area contributed by atoms with Crippen LogP contribution in [0.15, 0.2) is 30.8 Å². The van der Waals surface area contributed by atoms with Crippen molar-refractivity contribution in [3.63, 3.8) is 0 Å². The Morgan fingerprint density at radius 3 is 1.44 bits per heavy atom. The number of aryl methyl sites for hydroxylation is 1. The zero-order valence-electron chi connectivity index (χ0n) is 14.1. The van der Waals surface area contributed by atoms with Gasteiger partial charge in [-0.05, 0) is 23.5 Å². The average Bonchev–Trinajstić information content (AvgIpc) is 2.33. The zero-order chi connectivity index (χ0) is 15.2. The molecule has 0 bridgehead atoms. The second kappa shape index (κ2) is 14.0. The van der Waals surface area contributed by atoms with Crippen molar-refractivity contribution in [2.45, 2.75) is 62.3 Å². The summed E-state index contributed by atoms with van der Waals surface area (Å²) in [4.78, 5) is 0. The minimum Gasteiger partial charge on any atom is -0.0985 e. The van der Waals surface area contributed by atoms with Crippen LogP contribution in [0.1, 0.15) is 66.5 Å². The summed E-state index contributed by atoms with van der Waals surface area (Å²) in [7, 11) is 0. The molecule has 0 aliphatic heterocycles. The van der Waals surface area contributed by atoms with E-state index in [1.165, 1.54) is 11.1 Å². The van der Waals surface area contributed by atoms with Gasteiger partial charge in [0.05, 0.1) is 0 Å². The summed E-state index contributed by atoms with van der Waals surface area (Å²) < 4.78 is 0. The van der Waals surface area contributed by atoms with Gasteiger partial charge in [0.25, 0.3) is 0 Å². The summed E-state index contributed by atoms with van der Waals surface area (Å²) in [5, 5.41) is 0. The van der Waals surface area contributed by atoms with Crippen LogP contribution >= 0.6 is 0 Å². The number of rotatable bonds is 1. The van der Waals surface area contributed by atoms with Gasteiger partial charge in [0.15, 0.2) is 0 Å². The molecule has 0 unspecified atom stereocenters. The topological polar surface area (TPSA) is 0 Å². The Morgan fingerprint density at radius 1 is 0.889 bits per heavy atom. The predicted octanol–water partition coefficient (Wildman–Crippen LogP) is 6.74. The van der Waals surface area contributed by atoms with Gasteiger partial charge in [-0.15, -0.1) is 0 Å². The molecule has 1 aromatic rings. The Morgan fingerprint density at radius 2 is 1.22 bits per heavy atom. The minimum atomic E-state index is 0.500. The molecule has 0 atom stereocenters. The van der Waals surface area contributed by atoms with Crippen molar-refractivity contribution in [3.8, 4) is 0 Å². The molecule has 0 radical (unpaired) electrons. The molecule has 1 rings (SSSR count). The molecule has 0 saturated carbocycles. The molecule has 106 valence electrons. The number of hydrogen-bond donors (Lipinski definition) is 0.